The molecule has 0 aliphatic carbocycles. The van der Waals surface area contributed by atoms with Crippen molar-refractivity contribution in [1.82, 2.24) is 0 Å². The van der Waals surface area contributed by atoms with E-state index < -0.39 is 0 Å². The second kappa shape index (κ2) is 6.73. The molecule has 0 saturated heterocycles. The summed E-state index contributed by atoms with van der Waals surface area (Å²) in [6.07, 6.45) is 2.36. The molecule has 4 heteroatoms. The first-order valence-corrected chi connectivity index (χ1v) is 7.82. The summed E-state index contributed by atoms with van der Waals surface area (Å²) >= 11 is 0. The highest BCUT2D eigenvalue weighted by molar-refractivity contribution is 5.96. The molecule has 120 valence electrons. The number of hydrogen-bond donors (Lipinski definition) is 0. The Bertz CT molecular complexity index is 712. The third-order valence-corrected chi connectivity index (χ3v) is 4.25. The summed E-state index contributed by atoms with van der Waals surface area (Å²) in [4.78, 5) is 14.7. The molecule has 0 bridgehead atoms. The molecule has 1 amide bonds. The molecule has 4 nitrogen and oxygen atoms in total. The maximum absolute atomic E-state index is 12.8. The van der Waals surface area contributed by atoms with Gasteiger partial charge in [-0.25, -0.2) is 0 Å². The largest absolute Gasteiger partial charge is 0.497 e. The molecule has 0 saturated carbocycles. The number of anilines is 1. The first-order valence-electron chi connectivity index (χ1n) is 7.82. The van der Waals surface area contributed by atoms with Crippen molar-refractivity contribution in [2.24, 2.45) is 0 Å². The molecule has 3 rings (SSSR count). The van der Waals surface area contributed by atoms with Crippen LogP contribution in [-0.4, -0.2) is 26.7 Å². The van der Waals surface area contributed by atoms with Gasteiger partial charge in [0.2, 0.25) is 5.91 Å². The highest BCUT2D eigenvalue weighted by atomic mass is 16.5. The number of methoxy groups -OCH3 is 2. The Morgan fingerprint density at radius 3 is 2.74 bits per heavy atom. The van der Waals surface area contributed by atoms with Crippen molar-refractivity contribution in [3.8, 4) is 11.5 Å². The SMILES string of the molecule is COc1ccc(CC(=O)N2CCCc3ccccc32)c(OC)c1. The topological polar surface area (TPSA) is 38.8 Å². The molecule has 1 heterocycles. The Kier molecular flexibility index (Phi) is 4.51. The van der Waals surface area contributed by atoms with Gasteiger partial charge in [0.05, 0.1) is 20.6 Å². The molecule has 0 fully saturated rings. The number of carbonyl (C=O) groups excluding carboxylic acids is 1. The number of hydrogen-bond acceptors (Lipinski definition) is 3. The van der Waals surface area contributed by atoms with E-state index in [4.69, 9.17) is 9.47 Å². The Hall–Kier alpha value is -2.49. The molecule has 2 aromatic carbocycles. The summed E-state index contributed by atoms with van der Waals surface area (Å²) < 4.78 is 10.6. The summed E-state index contributed by atoms with van der Waals surface area (Å²) in [6, 6.07) is 13.7. The third-order valence-electron chi connectivity index (χ3n) is 4.25. The van der Waals surface area contributed by atoms with Gasteiger partial charge in [-0.05, 0) is 30.5 Å². The van der Waals surface area contributed by atoms with Gasteiger partial charge in [0.15, 0.2) is 0 Å². The highest BCUT2D eigenvalue weighted by Gasteiger charge is 2.23. The molecular weight excluding hydrogens is 290 g/mol. The number of amides is 1. The predicted octanol–water partition coefficient (Wildman–Crippen LogP) is 3.23. The zero-order valence-corrected chi connectivity index (χ0v) is 13.5. The van der Waals surface area contributed by atoms with Crippen LogP contribution >= 0.6 is 0 Å². The van der Waals surface area contributed by atoms with Gasteiger partial charge >= 0.3 is 0 Å². The minimum atomic E-state index is 0.0978. The number of ether oxygens (including phenoxy) is 2. The number of fused-ring (bicyclic) bond motifs is 1. The van der Waals surface area contributed by atoms with E-state index in [1.54, 1.807) is 14.2 Å². The fourth-order valence-corrected chi connectivity index (χ4v) is 3.05. The van der Waals surface area contributed by atoms with Crippen LogP contribution in [0.4, 0.5) is 5.69 Å². The van der Waals surface area contributed by atoms with Crippen LogP contribution in [0.15, 0.2) is 42.5 Å². The van der Waals surface area contributed by atoms with Gasteiger partial charge in [0, 0.05) is 23.9 Å². The molecular formula is C19H21NO3. The number of carbonyl (C=O) groups is 1. The third kappa shape index (κ3) is 3.16. The predicted molar refractivity (Wildman–Crippen MR) is 90.4 cm³/mol. The minimum absolute atomic E-state index is 0.0978. The Morgan fingerprint density at radius 1 is 1.13 bits per heavy atom. The van der Waals surface area contributed by atoms with Gasteiger partial charge in [-0.1, -0.05) is 24.3 Å². The lowest BCUT2D eigenvalue weighted by atomic mass is 10.0. The van der Waals surface area contributed by atoms with E-state index in [-0.39, 0.29) is 5.91 Å². The molecule has 0 radical (unpaired) electrons. The van der Waals surface area contributed by atoms with Crippen LogP contribution in [0.5, 0.6) is 11.5 Å². The number of aryl methyl sites for hydroxylation is 1. The van der Waals surface area contributed by atoms with Crippen molar-refractivity contribution in [2.75, 3.05) is 25.7 Å². The molecule has 1 aliphatic rings. The first kappa shape index (κ1) is 15.4. The fraction of sp³-hybridized carbons (Fsp3) is 0.316. The van der Waals surface area contributed by atoms with E-state index in [1.807, 2.05) is 41.3 Å². The molecule has 0 spiro atoms. The number of benzene rings is 2. The average Bonchev–Trinajstić information content (AvgIpc) is 2.61. The molecule has 0 aromatic heterocycles. The van der Waals surface area contributed by atoms with Crippen LogP contribution < -0.4 is 14.4 Å². The van der Waals surface area contributed by atoms with Crippen molar-refractivity contribution >= 4 is 11.6 Å². The van der Waals surface area contributed by atoms with E-state index in [2.05, 4.69) is 6.07 Å². The second-order valence-electron chi connectivity index (χ2n) is 5.63. The number of rotatable bonds is 4. The van der Waals surface area contributed by atoms with E-state index in [9.17, 15) is 4.79 Å². The van der Waals surface area contributed by atoms with Crippen LogP contribution in [0.1, 0.15) is 17.5 Å². The van der Waals surface area contributed by atoms with E-state index in [1.165, 1.54) is 5.56 Å². The highest BCUT2D eigenvalue weighted by Crippen LogP contribution is 2.29. The van der Waals surface area contributed by atoms with Crippen molar-refractivity contribution in [1.29, 1.82) is 0 Å². The second-order valence-corrected chi connectivity index (χ2v) is 5.63. The quantitative estimate of drug-likeness (QED) is 0.870. The lowest BCUT2D eigenvalue weighted by Crippen LogP contribution is -2.36. The zero-order valence-electron chi connectivity index (χ0n) is 13.5. The van der Waals surface area contributed by atoms with E-state index in [0.29, 0.717) is 12.2 Å². The number of para-hydroxylation sites is 1. The smallest absolute Gasteiger partial charge is 0.231 e. The van der Waals surface area contributed by atoms with Crippen LogP contribution in [-0.2, 0) is 17.6 Å². The molecule has 23 heavy (non-hydrogen) atoms. The van der Waals surface area contributed by atoms with Crippen molar-refractivity contribution in [3.63, 3.8) is 0 Å². The van der Waals surface area contributed by atoms with Gasteiger partial charge < -0.3 is 14.4 Å². The van der Waals surface area contributed by atoms with Gasteiger partial charge in [-0.3, -0.25) is 4.79 Å². The maximum Gasteiger partial charge on any atom is 0.231 e. The van der Waals surface area contributed by atoms with E-state index in [0.717, 1.165) is 36.4 Å². The summed E-state index contributed by atoms with van der Waals surface area (Å²) in [6.45, 7) is 0.772. The molecule has 0 atom stereocenters. The van der Waals surface area contributed by atoms with Crippen molar-refractivity contribution in [2.45, 2.75) is 19.3 Å². The standard InChI is InChI=1S/C19H21NO3/c1-22-16-10-9-15(18(13-16)23-2)12-19(21)20-11-5-7-14-6-3-4-8-17(14)20/h3-4,6,8-10,13H,5,7,11-12H2,1-2H3. The molecule has 2 aromatic rings. The summed E-state index contributed by atoms with van der Waals surface area (Å²) in [5.74, 6) is 1.50. The zero-order chi connectivity index (χ0) is 16.2. The summed E-state index contributed by atoms with van der Waals surface area (Å²) in [7, 11) is 3.23. The summed E-state index contributed by atoms with van der Waals surface area (Å²) in [5, 5.41) is 0. The normalized spacial score (nSPS) is 13.4. The van der Waals surface area contributed by atoms with Crippen LogP contribution in [0.3, 0.4) is 0 Å². The lowest BCUT2D eigenvalue weighted by molar-refractivity contribution is -0.118. The van der Waals surface area contributed by atoms with Crippen molar-refractivity contribution in [3.05, 3.63) is 53.6 Å². The maximum atomic E-state index is 12.8. The monoisotopic (exact) mass is 311 g/mol. The number of nitrogens with zero attached hydrogens (tertiary/aromatic N) is 1. The van der Waals surface area contributed by atoms with Gasteiger partial charge in [0.1, 0.15) is 11.5 Å². The van der Waals surface area contributed by atoms with Crippen LogP contribution in [0.2, 0.25) is 0 Å². The first-order chi connectivity index (χ1) is 11.2. The molecule has 1 aliphatic heterocycles. The van der Waals surface area contributed by atoms with Crippen LogP contribution in [0, 0.1) is 0 Å². The molecule has 0 unspecified atom stereocenters. The Balaban J connectivity index is 1.83. The summed E-state index contributed by atoms with van der Waals surface area (Å²) in [5.41, 5.74) is 3.16. The van der Waals surface area contributed by atoms with Gasteiger partial charge in [-0.2, -0.15) is 0 Å². The Labute approximate surface area is 136 Å². The lowest BCUT2D eigenvalue weighted by Gasteiger charge is -2.29. The Morgan fingerprint density at radius 2 is 1.96 bits per heavy atom. The minimum Gasteiger partial charge on any atom is -0.497 e. The van der Waals surface area contributed by atoms with Gasteiger partial charge in [-0.15, -0.1) is 0 Å². The fourth-order valence-electron chi connectivity index (χ4n) is 3.05. The molecule has 0 N–H and O–H groups in total. The van der Waals surface area contributed by atoms with Crippen LogP contribution in [0.25, 0.3) is 0 Å². The van der Waals surface area contributed by atoms with Crippen molar-refractivity contribution < 1.29 is 14.3 Å². The van der Waals surface area contributed by atoms with Gasteiger partial charge in [0.25, 0.3) is 0 Å². The van der Waals surface area contributed by atoms with E-state index >= 15 is 0 Å². The average molecular weight is 311 g/mol.